The molecule has 0 saturated carbocycles. The number of carbonyl (C=O) groups excluding carboxylic acids is 2. The Labute approximate surface area is 145 Å². The molecule has 1 aliphatic carbocycles. The molecule has 2 amide bonds. The fourth-order valence-corrected chi connectivity index (χ4v) is 3.50. The molecule has 0 saturated heterocycles. The Balaban J connectivity index is 1.66. The average molecular weight is 361 g/mol. The zero-order valence-electron chi connectivity index (χ0n) is 13.8. The van der Waals surface area contributed by atoms with Crippen molar-refractivity contribution in [3.8, 4) is 0 Å². The number of sulfonamides is 1. The second kappa shape index (κ2) is 6.81. The van der Waals surface area contributed by atoms with Crippen molar-refractivity contribution in [3.63, 3.8) is 0 Å². The van der Waals surface area contributed by atoms with Crippen molar-refractivity contribution in [2.75, 3.05) is 24.7 Å². The third kappa shape index (κ3) is 3.97. The lowest BCUT2D eigenvalue weighted by molar-refractivity contribution is -0.136. The Morgan fingerprint density at radius 2 is 1.72 bits per heavy atom. The Hall–Kier alpha value is -2.45. The second-order valence-electron chi connectivity index (χ2n) is 5.99. The van der Waals surface area contributed by atoms with Gasteiger partial charge in [0.1, 0.15) is 0 Å². The van der Waals surface area contributed by atoms with Crippen molar-refractivity contribution < 1.29 is 18.0 Å². The van der Waals surface area contributed by atoms with E-state index in [1.54, 1.807) is 0 Å². The Kier molecular flexibility index (Phi) is 4.73. The summed E-state index contributed by atoms with van der Waals surface area (Å²) in [5.74, 6) is -1.59. The number of rotatable bonds is 5. The van der Waals surface area contributed by atoms with Crippen molar-refractivity contribution in [2.45, 2.75) is 12.8 Å². The fourth-order valence-electron chi connectivity index (χ4n) is 3.03. The first-order chi connectivity index (χ1) is 11.8. The summed E-state index contributed by atoms with van der Waals surface area (Å²) in [4.78, 5) is 23.9. The molecule has 132 valence electrons. The molecule has 0 spiro atoms. The molecule has 25 heavy (non-hydrogen) atoms. The van der Waals surface area contributed by atoms with Crippen molar-refractivity contribution in [1.82, 2.24) is 10.0 Å². The van der Waals surface area contributed by atoms with Crippen LogP contribution in [0.5, 0.6) is 0 Å². The summed E-state index contributed by atoms with van der Waals surface area (Å²) in [6, 6.07) is 9.73. The normalized spacial score (nSPS) is 13.0. The molecule has 0 aliphatic heterocycles. The summed E-state index contributed by atoms with van der Waals surface area (Å²) in [7, 11) is -3.32. The first kappa shape index (κ1) is 17.4. The van der Waals surface area contributed by atoms with E-state index in [1.165, 1.54) is 11.1 Å². The summed E-state index contributed by atoms with van der Waals surface area (Å²) in [5.41, 5.74) is 3.09. The van der Waals surface area contributed by atoms with Crippen LogP contribution in [-0.2, 0) is 32.5 Å². The van der Waals surface area contributed by atoms with Crippen LogP contribution < -0.4 is 15.4 Å². The molecule has 8 heteroatoms. The lowest BCUT2D eigenvalue weighted by Crippen LogP contribution is -2.39. The van der Waals surface area contributed by atoms with Crippen molar-refractivity contribution >= 4 is 38.3 Å². The average Bonchev–Trinajstić information content (AvgIpc) is 2.98. The highest BCUT2D eigenvalue weighted by Gasteiger charge is 2.19. The van der Waals surface area contributed by atoms with Gasteiger partial charge < -0.3 is 10.6 Å². The third-order valence-corrected chi connectivity index (χ3v) is 4.83. The number of aryl methyl sites for hydroxylation is 2. The van der Waals surface area contributed by atoms with Crippen molar-refractivity contribution in [2.24, 2.45) is 0 Å². The van der Waals surface area contributed by atoms with E-state index >= 15 is 0 Å². The molecule has 0 radical (unpaired) electrons. The number of hydrogen-bond donors (Lipinski definition) is 3. The number of carbonyl (C=O) groups is 2. The molecule has 0 bridgehead atoms. The van der Waals surface area contributed by atoms with Crippen LogP contribution in [0, 0.1) is 0 Å². The first-order valence-electron chi connectivity index (χ1n) is 7.92. The highest BCUT2D eigenvalue weighted by molar-refractivity contribution is 7.88. The van der Waals surface area contributed by atoms with Crippen LogP contribution in [0.15, 0.2) is 30.3 Å². The van der Waals surface area contributed by atoms with Gasteiger partial charge in [-0.15, -0.1) is 0 Å². The molecule has 0 unspecified atom stereocenters. The molecule has 0 heterocycles. The van der Waals surface area contributed by atoms with Gasteiger partial charge in [-0.05, 0) is 35.4 Å². The molecule has 3 N–H and O–H groups in total. The monoisotopic (exact) mass is 361 g/mol. The van der Waals surface area contributed by atoms with E-state index in [2.05, 4.69) is 21.4 Å². The number of anilines is 1. The topological polar surface area (TPSA) is 104 Å². The molecule has 2 aromatic rings. The molecule has 3 rings (SSSR count). The van der Waals surface area contributed by atoms with Gasteiger partial charge in [0.25, 0.3) is 0 Å². The van der Waals surface area contributed by atoms with E-state index < -0.39 is 21.8 Å². The molecule has 0 atom stereocenters. The van der Waals surface area contributed by atoms with Gasteiger partial charge in [0.15, 0.2) is 0 Å². The minimum Gasteiger partial charge on any atom is -0.347 e. The van der Waals surface area contributed by atoms with E-state index in [1.807, 2.05) is 24.3 Å². The maximum Gasteiger partial charge on any atom is 0.313 e. The van der Waals surface area contributed by atoms with Crippen LogP contribution in [0.1, 0.15) is 11.1 Å². The van der Waals surface area contributed by atoms with Crippen molar-refractivity contribution in [3.05, 3.63) is 41.5 Å². The Morgan fingerprint density at radius 3 is 2.44 bits per heavy atom. The molecule has 0 fully saturated rings. The van der Waals surface area contributed by atoms with E-state index in [9.17, 15) is 18.0 Å². The zero-order valence-corrected chi connectivity index (χ0v) is 14.6. The molecular weight excluding hydrogens is 342 g/mol. The van der Waals surface area contributed by atoms with Crippen LogP contribution in [-0.4, -0.2) is 39.6 Å². The second-order valence-corrected chi connectivity index (χ2v) is 7.82. The predicted molar refractivity (Wildman–Crippen MR) is 95.8 cm³/mol. The Morgan fingerprint density at radius 1 is 1.00 bits per heavy atom. The Bertz CT molecular complexity index is 944. The van der Waals surface area contributed by atoms with Crippen LogP contribution in [0.2, 0.25) is 0 Å². The highest BCUT2D eigenvalue weighted by atomic mass is 32.2. The molecular formula is C17H19N3O4S. The minimum atomic E-state index is -3.32. The number of nitrogens with one attached hydrogen (secondary N) is 3. The third-order valence-electron chi connectivity index (χ3n) is 4.11. The molecule has 7 nitrogen and oxygen atoms in total. The largest absolute Gasteiger partial charge is 0.347 e. The summed E-state index contributed by atoms with van der Waals surface area (Å²) < 4.78 is 24.1. The zero-order chi connectivity index (χ0) is 18.0. The predicted octanol–water partition coefficient (Wildman–Crippen LogP) is 0.542. The summed E-state index contributed by atoms with van der Waals surface area (Å²) in [5, 5.41) is 7.09. The van der Waals surface area contributed by atoms with Crippen molar-refractivity contribution in [1.29, 1.82) is 0 Å². The van der Waals surface area contributed by atoms with Gasteiger partial charge >= 0.3 is 11.8 Å². The van der Waals surface area contributed by atoms with Gasteiger partial charge in [-0.2, -0.15) is 0 Å². The SMILES string of the molecule is CS(=O)(=O)NCCNC(=O)C(=O)Nc1ccc2c3c(cccc13)CC2. The van der Waals surface area contributed by atoms with Crippen LogP contribution in [0.4, 0.5) is 5.69 Å². The van der Waals surface area contributed by atoms with Gasteiger partial charge in [0, 0.05) is 24.2 Å². The van der Waals surface area contributed by atoms with Crippen LogP contribution in [0.25, 0.3) is 10.8 Å². The highest BCUT2D eigenvalue weighted by Crippen LogP contribution is 2.34. The lowest BCUT2D eigenvalue weighted by atomic mass is 10.0. The lowest BCUT2D eigenvalue weighted by Gasteiger charge is -2.11. The minimum absolute atomic E-state index is 0.0266. The number of benzene rings is 2. The molecule has 2 aromatic carbocycles. The first-order valence-corrected chi connectivity index (χ1v) is 9.81. The maximum absolute atomic E-state index is 12.1. The number of hydrogen-bond acceptors (Lipinski definition) is 4. The number of amides is 2. The standard InChI is InChI=1S/C17H19N3O4S/c1-25(23,24)19-10-9-18-16(21)17(22)20-14-8-7-12-6-5-11-3-2-4-13(14)15(11)12/h2-4,7-8,19H,5-6,9-10H2,1H3,(H,18,21)(H,20,22). The summed E-state index contributed by atoms with van der Waals surface area (Å²) in [6.07, 6.45) is 2.99. The van der Waals surface area contributed by atoms with E-state index in [4.69, 9.17) is 0 Å². The van der Waals surface area contributed by atoms with Gasteiger partial charge in [-0.25, -0.2) is 13.1 Å². The smallest absolute Gasteiger partial charge is 0.313 e. The van der Waals surface area contributed by atoms with Gasteiger partial charge in [-0.3, -0.25) is 9.59 Å². The van der Waals surface area contributed by atoms with Crippen LogP contribution >= 0.6 is 0 Å². The van der Waals surface area contributed by atoms with Gasteiger partial charge in [0.05, 0.1) is 6.26 Å². The molecule has 1 aliphatic rings. The van der Waals surface area contributed by atoms with E-state index in [-0.39, 0.29) is 13.1 Å². The van der Waals surface area contributed by atoms with E-state index in [0.717, 1.165) is 29.9 Å². The van der Waals surface area contributed by atoms with Gasteiger partial charge in [0.2, 0.25) is 10.0 Å². The van der Waals surface area contributed by atoms with E-state index in [0.29, 0.717) is 5.69 Å². The summed E-state index contributed by atoms with van der Waals surface area (Å²) in [6.45, 7) is 0.0575. The molecule has 0 aromatic heterocycles. The quantitative estimate of drug-likeness (QED) is 0.534. The fraction of sp³-hybridized carbons (Fsp3) is 0.294. The van der Waals surface area contributed by atoms with Crippen LogP contribution in [0.3, 0.4) is 0 Å². The summed E-state index contributed by atoms with van der Waals surface area (Å²) >= 11 is 0. The van der Waals surface area contributed by atoms with Gasteiger partial charge in [-0.1, -0.05) is 24.3 Å². The maximum atomic E-state index is 12.1.